The molecule has 0 saturated heterocycles. The highest BCUT2D eigenvalue weighted by Crippen LogP contribution is 2.40. The Balaban J connectivity index is 1.51. The quantitative estimate of drug-likeness (QED) is 0.203. The van der Waals surface area contributed by atoms with Crippen LogP contribution >= 0.6 is 11.8 Å². The Hall–Kier alpha value is -4.31. The molecular weight excluding hydrogens is 541 g/mol. The average molecular weight is 574 g/mol. The summed E-state index contributed by atoms with van der Waals surface area (Å²) in [6.07, 6.45) is 0.985. The van der Waals surface area contributed by atoms with Crippen molar-refractivity contribution in [3.05, 3.63) is 101 Å². The Bertz CT molecular complexity index is 1590. The van der Waals surface area contributed by atoms with E-state index in [4.69, 9.17) is 14.6 Å². The van der Waals surface area contributed by atoms with Crippen LogP contribution in [0.25, 0.3) is 0 Å². The number of halogens is 1. The molecule has 1 aliphatic heterocycles. The SMILES string of the molecule is CCCSc1nc2n(n1)C(c1ccc(OCc3ccccc3F)c(OC)c1)C(C(=O)Nc1ccc(C)cc1)=C(C)N2. The molecule has 0 radical (unpaired) electrons. The van der Waals surface area contributed by atoms with Gasteiger partial charge in [0, 0.05) is 22.7 Å². The number of allylic oxidation sites excluding steroid dienone is 1. The van der Waals surface area contributed by atoms with E-state index < -0.39 is 6.04 Å². The number of ether oxygens (including phenoxy) is 2. The molecule has 1 aliphatic rings. The number of fused-ring (bicyclic) bond motifs is 1. The maximum Gasteiger partial charge on any atom is 0.255 e. The Morgan fingerprint density at radius 3 is 2.61 bits per heavy atom. The third-order valence-electron chi connectivity index (χ3n) is 6.67. The van der Waals surface area contributed by atoms with Crippen LogP contribution < -0.4 is 20.1 Å². The fraction of sp³-hybridized carbons (Fsp3) is 0.258. The van der Waals surface area contributed by atoms with Crippen LogP contribution in [0.5, 0.6) is 11.5 Å². The van der Waals surface area contributed by atoms with Crippen molar-refractivity contribution in [2.24, 2.45) is 0 Å². The summed E-state index contributed by atoms with van der Waals surface area (Å²) in [5.74, 6) is 1.75. The molecule has 2 N–H and O–H groups in total. The molecule has 5 rings (SSSR count). The zero-order chi connectivity index (χ0) is 28.9. The van der Waals surface area contributed by atoms with E-state index >= 15 is 0 Å². The highest BCUT2D eigenvalue weighted by atomic mass is 32.2. The molecule has 0 saturated carbocycles. The van der Waals surface area contributed by atoms with Gasteiger partial charge in [0.1, 0.15) is 18.5 Å². The molecule has 10 heteroatoms. The number of benzene rings is 3. The van der Waals surface area contributed by atoms with Gasteiger partial charge in [0.15, 0.2) is 11.5 Å². The number of nitrogens with one attached hydrogen (secondary N) is 2. The summed E-state index contributed by atoms with van der Waals surface area (Å²) < 4.78 is 27.5. The first-order chi connectivity index (χ1) is 19.9. The smallest absolute Gasteiger partial charge is 0.255 e. The highest BCUT2D eigenvalue weighted by Gasteiger charge is 2.35. The minimum absolute atomic E-state index is 0.0458. The first-order valence-corrected chi connectivity index (χ1v) is 14.4. The number of aromatic nitrogens is 3. The zero-order valence-corrected chi connectivity index (χ0v) is 24.2. The van der Waals surface area contributed by atoms with Crippen molar-refractivity contribution >= 4 is 29.3 Å². The minimum atomic E-state index is -0.588. The summed E-state index contributed by atoms with van der Waals surface area (Å²) in [7, 11) is 1.55. The van der Waals surface area contributed by atoms with Crippen LogP contribution in [0.15, 0.2) is 83.2 Å². The van der Waals surface area contributed by atoms with Gasteiger partial charge in [-0.05, 0) is 56.2 Å². The number of aryl methyl sites for hydroxylation is 1. The molecule has 1 amide bonds. The van der Waals surface area contributed by atoms with Gasteiger partial charge in [-0.25, -0.2) is 9.07 Å². The first kappa shape index (κ1) is 28.2. The number of carbonyl (C=O) groups excluding carboxylic acids is 1. The van der Waals surface area contributed by atoms with Crippen molar-refractivity contribution in [1.29, 1.82) is 0 Å². The molecule has 0 spiro atoms. The van der Waals surface area contributed by atoms with Crippen LogP contribution in [0.1, 0.15) is 43.0 Å². The van der Waals surface area contributed by atoms with E-state index in [1.165, 1.54) is 6.07 Å². The van der Waals surface area contributed by atoms with Gasteiger partial charge in [0.05, 0.1) is 12.7 Å². The predicted molar refractivity (Wildman–Crippen MR) is 159 cm³/mol. The lowest BCUT2D eigenvalue weighted by atomic mass is 9.94. The number of rotatable bonds is 10. The molecule has 212 valence electrons. The number of amides is 1. The van der Waals surface area contributed by atoms with Gasteiger partial charge in [-0.3, -0.25) is 4.79 Å². The van der Waals surface area contributed by atoms with Gasteiger partial charge in [-0.1, -0.05) is 60.6 Å². The van der Waals surface area contributed by atoms with Gasteiger partial charge in [0.2, 0.25) is 11.1 Å². The molecule has 8 nitrogen and oxygen atoms in total. The van der Waals surface area contributed by atoms with E-state index in [2.05, 4.69) is 22.5 Å². The van der Waals surface area contributed by atoms with Crippen LogP contribution in [-0.4, -0.2) is 33.5 Å². The van der Waals surface area contributed by atoms with Crippen LogP contribution in [-0.2, 0) is 11.4 Å². The maximum absolute atomic E-state index is 14.2. The molecule has 1 aromatic heterocycles. The van der Waals surface area contributed by atoms with E-state index in [9.17, 15) is 9.18 Å². The van der Waals surface area contributed by atoms with Gasteiger partial charge in [-0.2, -0.15) is 4.98 Å². The van der Waals surface area contributed by atoms with Crippen molar-refractivity contribution < 1.29 is 18.7 Å². The Morgan fingerprint density at radius 1 is 1.10 bits per heavy atom. The van der Waals surface area contributed by atoms with Crippen molar-refractivity contribution in [3.8, 4) is 11.5 Å². The van der Waals surface area contributed by atoms with Gasteiger partial charge in [0.25, 0.3) is 5.91 Å². The number of nitrogens with zero attached hydrogens (tertiary/aromatic N) is 3. The lowest BCUT2D eigenvalue weighted by Crippen LogP contribution is -2.31. The molecule has 2 heterocycles. The topological polar surface area (TPSA) is 90.3 Å². The van der Waals surface area contributed by atoms with Crippen LogP contribution in [0.2, 0.25) is 0 Å². The van der Waals surface area contributed by atoms with Crippen molar-refractivity contribution in [3.63, 3.8) is 0 Å². The zero-order valence-electron chi connectivity index (χ0n) is 23.4. The van der Waals surface area contributed by atoms with Gasteiger partial charge in [-0.15, -0.1) is 5.10 Å². The molecule has 3 aromatic carbocycles. The third-order valence-corrected chi connectivity index (χ3v) is 7.71. The lowest BCUT2D eigenvalue weighted by Gasteiger charge is -2.29. The molecule has 0 fully saturated rings. The summed E-state index contributed by atoms with van der Waals surface area (Å²) in [6, 6.07) is 19.0. The van der Waals surface area contributed by atoms with E-state index in [1.807, 2.05) is 50.2 Å². The molecule has 41 heavy (non-hydrogen) atoms. The first-order valence-electron chi connectivity index (χ1n) is 13.4. The van der Waals surface area contributed by atoms with Crippen molar-refractivity contribution in [1.82, 2.24) is 14.8 Å². The van der Waals surface area contributed by atoms with Crippen LogP contribution in [0.3, 0.4) is 0 Å². The van der Waals surface area contributed by atoms with Gasteiger partial charge < -0.3 is 20.1 Å². The minimum Gasteiger partial charge on any atom is -0.493 e. The van der Waals surface area contributed by atoms with Crippen LogP contribution in [0.4, 0.5) is 16.0 Å². The van der Waals surface area contributed by atoms with Crippen molar-refractivity contribution in [2.75, 3.05) is 23.5 Å². The van der Waals surface area contributed by atoms with E-state index in [1.54, 1.807) is 47.8 Å². The molecular formula is C31H32FN5O3S. The lowest BCUT2D eigenvalue weighted by molar-refractivity contribution is -0.113. The number of hydrogen-bond donors (Lipinski definition) is 2. The number of hydrogen-bond acceptors (Lipinski definition) is 7. The molecule has 0 aliphatic carbocycles. The maximum atomic E-state index is 14.2. The normalized spacial score (nSPS) is 14.3. The molecule has 1 atom stereocenters. The molecule has 1 unspecified atom stereocenters. The van der Waals surface area contributed by atoms with Crippen molar-refractivity contribution in [2.45, 2.75) is 45.0 Å². The number of thioether (sulfide) groups is 1. The van der Waals surface area contributed by atoms with E-state index in [0.717, 1.165) is 23.3 Å². The predicted octanol–water partition coefficient (Wildman–Crippen LogP) is 6.74. The summed E-state index contributed by atoms with van der Waals surface area (Å²) in [6.45, 7) is 6.00. The second-order valence-corrected chi connectivity index (χ2v) is 10.7. The third kappa shape index (κ3) is 6.22. The fourth-order valence-corrected chi connectivity index (χ4v) is 5.25. The average Bonchev–Trinajstić information content (AvgIpc) is 3.38. The standard InChI is InChI=1S/C31H32FN5O3S/c1-5-16-41-31-35-30-33-20(3)27(29(38)34-23-13-10-19(2)11-14-23)28(37(30)36-31)21-12-15-25(26(17-21)39-4)40-18-22-8-6-7-9-24(22)32/h6-15,17,28H,5,16,18H2,1-4H3,(H,34,38)(H,33,35,36). The number of carbonyl (C=O) groups is 1. The fourth-order valence-electron chi connectivity index (χ4n) is 4.57. The van der Waals surface area contributed by atoms with Gasteiger partial charge >= 0.3 is 0 Å². The van der Waals surface area contributed by atoms with E-state index in [-0.39, 0.29) is 18.3 Å². The summed E-state index contributed by atoms with van der Waals surface area (Å²) >= 11 is 1.56. The highest BCUT2D eigenvalue weighted by molar-refractivity contribution is 7.99. The summed E-state index contributed by atoms with van der Waals surface area (Å²) in [5.41, 5.74) is 4.16. The molecule has 0 bridgehead atoms. The summed E-state index contributed by atoms with van der Waals surface area (Å²) in [5, 5.41) is 11.7. The monoisotopic (exact) mass is 573 g/mol. The second-order valence-electron chi connectivity index (χ2n) is 9.69. The van der Waals surface area contributed by atoms with E-state index in [0.29, 0.717) is 45.1 Å². The Labute approximate surface area is 243 Å². The Kier molecular flexibility index (Phi) is 8.58. The molecule has 4 aromatic rings. The van der Waals surface area contributed by atoms with Crippen LogP contribution in [0, 0.1) is 12.7 Å². The Morgan fingerprint density at radius 2 is 1.88 bits per heavy atom. The number of methoxy groups -OCH3 is 1. The summed E-state index contributed by atoms with van der Waals surface area (Å²) in [4.78, 5) is 18.5. The second kappa shape index (κ2) is 12.5. The number of anilines is 2. The largest absolute Gasteiger partial charge is 0.493 e.